The standard InChI is InChI=1S/C15H30N2S/c1-5-15(4,10-16-14-6-7-14)11-17-8-12(2)18-13(3)9-17/h12-14,16H,5-11H2,1-4H3. The van der Waals surface area contributed by atoms with Crippen LogP contribution >= 0.6 is 11.8 Å². The van der Waals surface area contributed by atoms with Crippen LogP contribution in [0, 0.1) is 5.41 Å². The molecule has 3 heteroatoms. The van der Waals surface area contributed by atoms with Crippen molar-refractivity contribution in [2.24, 2.45) is 5.41 Å². The highest BCUT2D eigenvalue weighted by atomic mass is 32.2. The SMILES string of the molecule is CCC(C)(CNC1CC1)CN1CC(C)SC(C)C1. The van der Waals surface area contributed by atoms with Gasteiger partial charge in [-0.05, 0) is 24.7 Å². The van der Waals surface area contributed by atoms with E-state index in [2.05, 4.69) is 49.7 Å². The summed E-state index contributed by atoms with van der Waals surface area (Å²) in [4.78, 5) is 2.70. The van der Waals surface area contributed by atoms with E-state index >= 15 is 0 Å². The smallest absolute Gasteiger partial charge is 0.0149 e. The Kier molecular flexibility index (Phi) is 5.01. The molecule has 1 N–H and O–H groups in total. The van der Waals surface area contributed by atoms with Gasteiger partial charge in [0, 0.05) is 42.7 Å². The van der Waals surface area contributed by atoms with Crippen molar-refractivity contribution in [1.29, 1.82) is 0 Å². The lowest BCUT2D eigenvalue weighted by molar-refractivity contribution is 0.153. The number of nitrogens with one attached hydrogen (secondary N) is 1. The fourth-order valence-corrected chi connectivity index (χ4v) is 4.31. The van der Waals surface area contributed by atoms with Gasteiger partial charge in [-0.3, -0.25) is 0 Å². The lowest BCUT2D eigenvalue weighted by Gasteiger charge is -2.40. The van der Waals surface area contributed by atoms with E-state index in [1.54, 1.807) is 0 Å². The van der Waals surface area contributed by atoms with Crippen LogP contribution in [0.15, 0.2) is 0 Å². The highest BCUT2D eigenvalue weighted by Crippen LogP contribution is 2.30. The number of hydrogen-bond acceptors (Lipinski definition) is 3. The molecule has 2 rings (SSSR count). The zero-order valence-corrected chi connectivity index (χ0v) is 13.4. The first kappa shape index (κ1) is 14.7. The molecule has 106 valence electrons. The summed E-state index contributed by atoms with van der Waals surface area (Å²) in [6, 6.07) is 0.839. The van der Waals surface area contributed by atoms with Crippen LogP contribution in [0.4, 0.5) is 0 Å². The van der Waals surface area contributed by atoms with Gasteiger partial charge in [0.15, 0.2) is 0 Å². The zero-order valence-electron chi connectivity index (χ0n) is 12.5. The minimum atomic E-state index is 0.448. The lowest BCUT2D eigenvalue weighted by Crippen LogP contribution is -2.48. The first-order valence-corrected chi connectivity index (χ1v) is 8.56. The summed E-state index contributed by atoms with van der Waals surface area (Å²) in [7, 11) is 0. The first-order chi connectivity index (χ1) is 8.50. The zero-order chi connectivity index (χ0) is 13.2. The van der Waals surface area contributed by atoms with E-state index in [-0.39, 0.29) is 0 Å². The predicted molar refractivity (Wildman–Crippen MR) is 82.4 cm³/mol. The second kappa shape index (κ2) is 6.15. The van der Waals surface area contributed by atoms with Crippen LogP contribution in [0.1, 0.15) is 47.0 Å². The minimum absolute atomic E-state index is 0.448. The molecule has 0 aromatic rings. The third-order valence-electron chi connectivity index (χ3n) is 4.35. The van der Waals surface area contributed by atoms with E-state index in [0.717, 1.165) is 16.5 Å². The number of nitrogens with zero attached hydrogens (tertiary/aromatic N) is 1. The fraction of sp³-hybridized carbons (Fsp3) is 1.00. The Morgan fingerprint density at radius 3 is 2.33 bits per heavy atom. The van der Waals surface area contributed by atoms with Crippen molar-refractivity contribution in [2.45, 2.75) is 63.5 Å². The maximum Gasteiger partial charge on any atom is 0.0149 e. The van der Waals surface area contributed by atoms with Gasteiger partial charge in [0.2, 0.25) is 0 Å². The monoisotopic (exact) mass is 270 g/mol. The molecule has 3 atom stereocenters. The van der Waals surface area contributed by atoms with E-state index in [0.29, 0.717) is 5.41 Å². The molecule has 2 fully saturated rings. The Morgan fingerprint density at radius 2 is 1.83 bits per heavy atom. The summed E-state index contributed by atoms with van der Waals surface area (Å²) in [6.45, 7) is 14.6. The maximum absolute atomic E-state index is 3.73. The molecule has 0 bridgehead atoms. The molecule has 0 aromatic carbocycles. The van der Waals surface area contributed by atoms with Gasteiger partial charge in [0.05, 0.1) is 0 Å². The molecule has 0 aromatic heterocycles. The van der Waals surface area contributed by atoms with Crippen LogP contribution < -0.4 is 5.32 Å². The van der Waals surface area contributed by atoms with Gasteiger partial charge >= 0.3 is 0 Å². The molecule has 0 spiro atoms. The molecule has 0 amide bonds. The van der Waals surface area contributed by atoms with Crippen molar-refractivity contribution < 1.29 is 0 Å². The first-order valence-electron chi connectivity index (χ1n) is 7.62. The number of hydrogen-bond donors (Lipinski definition) is 1. The van der Waals surface area contributed by atoms with Gasteiger partial charge in [-0.15, -0.1) is 0 Å². The quantitative estimate of drug-likeness (QED) is 0.799. The predicted octanol–water partition coefficient (Wildman–Crippen LogP) is 2.98. The molecule has 2 nitrogen and oxygen atoms in total. The van der Waals surface area contributed by atoms with E-state index in [4.69, 9.17) is 0 Å². The summed E-state index contributed by atoms with van der Waals surface area (Å²) in [5.41, 5.74) is 0.448. The third-order valence-corrected chi connectivity index (χ3v) is 5.58. The Balaban J connectivity index is 1.83. The summed E-state index contributed by atoms with van der Waals surface area (Å²) in [5, 5.41) is 5.32. The van der Waals surface area contributed by atoms with Crippen molar-refractivity contribution in [3.05, 3.63) is 0 Å². The lowest BCUT2D eigenvalue weighted by atomic mass is 9.86. The van der Waals surface area contributed by atoms with Crippen LogP contribution in [-0.2, 0) is 0 Å². The average Bonchev–Trinajstić information content (AvgIpc) is 3.09. The average molecular weight is 270 g/mol. The topological polar surface area (TPSA) is 15.3 Å². The Hall–Kier alpha value is 0.270. The second-order valence-electron chi connectivity index (χ2n) is 6.77. The van der Waals surface area contributed by atoms with Crippen LogP contribution in [-0.4, -0.2) is 47.6 Å². The fourth-order valence-electron chi connectivity index (χ4n) is 2.92. The largest absolute Gasteiger partial charge is 0.313 e. The van der Waals surface area contributed by atoms with E-state index in [1.165, 1.54) is 45.4 Å². The van der Waals surface area contributed by atoms with Crippen molar-refractivity contribution in [1.82, 2.24) is 10.2 Å². The normalized spacial score (nSPS) is 33.3. The van der Waals surface area contributed by atoms with Crippen molar-refractivity contribution in [2.75, 3.05) is 26.2 Å². The van der Waals surface area contributed by atoms with Gasteiger partial charge in [0.25, 0.3) is 0 Å². The van der Waals surface area contributed by atoms with Gasteiger partial charge in [-0.1, -0.05) is 27.7 Å². The molecule has 1 aliphatic heterocycles. The van der Waals surface area contributed by atoms with Gasteiger partial charge in [0.1, 0.15) is 0 Å². The Bertz CT molecular complexity index is 257. The van der Waals surface area contributed by atoms with Gasteiger partial charge in [-0.25, -0.2) is 0 Å². The summed E-state index contributed by atoms with van der Waals surface area (Å²) in [6.07, 6.45) is 4.07. The van der Waals surface area contributed by atoms with Gasteiger partial charge in [-0.2, -0.15) is 11.8 Å². The van der Waals surface area contributed by atoms with E-state index < -0.39 is 0 Å². The number of thioether (sulfide) groups is 1. The van der Waals surface area contributed by atoms with Crippen molar-refractivity contribution >= 4 is 11.8 Å². The van der Waals surface area contributed by atoms with Crippen LogP contribution in [0.25, 0.3) is 0 Å². The molecule has 1 saturated carbocycles. The Morgan fingerprint density at radius 1 is 1.22 bits per heavy atom. The maximum atomic E-state index is 3.73. The van der Waals surface area contributed by atoms with Crippen LogP contribution in [0.5, 0.6) is 0 Å². The van der Waals surface area contributed by atoms with Crippen LogP contribution in [0.2, 0.25) is 0 Å². The van der Waals surface area contributed by atoms with Crippen molar-refractivity contribution in [3.8, 4) is 0 Å². The molecular weight excluding hydrogens is 240 g/mol. The highest BCUT2D eigenvalue weighted by molar-refractivity contribution is 8.00. The van der Waals surface area contributed by atoms with E-state index in [9.17, 15) is 0 Å². The third kappa shape index (κ3) is 4.43. The summed E-state index contributed by atoms with van der Waals surface area (Å²) in [5.74, 6) is 0. The molecule has 0 radical (unpaired) electrons. The summed E-state index contributed by atoms with van der Waals surface area (Å²) < 4.78 is 0. The molecule has 18 heavy (non-hydrogen) atoms. The molecule has 3 unspecified atom stereocenters. The van der Waals surface area contributed by atoms with Crippen molar-refractivity contribution in [3.63, 3.8) is 0 Å². The Labute approximate surface area is 117 Å². The molecule has 1 heterocycles. The molecular formula is C15H30N2S. The second-order valence-corrected chi connectivity index (χ2v) is 8.65. The molecule has 1 aliphatic carbocycles. The molecule has 2 aliphatic rings. The molecule has 1 saturated heterocycles. The number of rotatable bonds is 6. The van der Waals surface area contributed by atoms with Gasteiger partial charge < -0.3 is 10.2 Å². The minimum Gasteiger partial charge on any atom is -0.313 e. The summed E-state index contributed by atoms with van der Waals surface area (Å²) >= 11 is 2.15. The van der Waals surface area contributed by atoms with Crippen LogP contribution in [0.3, 0.4) is 0 Å². The van der Waals surface area contributed by atoms with E-state index in [1.807, 2.05) is 0 Å². The highest BCUT2D eigenvalue weighted by Gasteiger charge is 2.31.